The molecule has 0 bridgehead atoms. The Labute approximate surface area is 202 Å². The highest BCUT2D eigenvalue weighted by atomic mass is 19.1. The van der Waals surface area contributed by atoms with Gasteiger partial charge in [-0.2, -0.15) is 5.10 Å². The summed E-state index contributed by atoms with van der Waals surface area (Å²) in [6, 6.07) is 12.0. The first-order valence-electron chi connectivity index (χ1n) is 11.3. The van der Waals surface area contributed by atoms with Crippen LogP contribution >= 0.6 is 0 Å². The number of methoxy groups -OCH3 is 1. The normalized spacial score (nSPS) is 13.3. The predicted octanol–water partition coefficient (Wildman–Crippen LogP) is 4.19. The number of rotatable bonds is 7. The third-order valence-electron chi connectivity index (χ3n) is 5.75. The van der Waals surface area contributed by atoms with Crippen molar-refractivity contribution >= 4 is 23.5 Å². The number of fused-ring (bicyclic) bond motifs is 1. The minimum Gasteiger partial charge on any atom is -0.385 e. The molecular formula is C26H27FN4O4. The maximum Gasteiger partial charge on any atom is 0.261 e. The lowest BCUT2D eigenvalue weighted by Crippen LogP contribution is -2.31. The zero-order valence-electron chi connectivity index (χ0n) is 20.1. The molecule has 1 aliphatic heterocycles. The topological polar surface area (TPSA) is 93.5 Å². The van der Waals surface area contributed by atoms with E-state index in [0.717, 1.165) is 5.69 Å². The number of ether oxygens (including phenoxy) is 1. The van der Waals surface area contributed by atoms with Crippen molar-refractivity contribution in [1.29, 1.82) is 0 Å². The molecule has 0 fully saturated rings. The van der Waals surface area contributed by atoms with E-state index in [1.807, 2.05) is 20.8 Å². The molecule has 0 atom stereocenters. The molecule has 1 aromatic heterocycles. The number of nitrogens with zero attached hydrogens (tertiary/aromatic N) is 3. The van der Waals surface area contributed by atoms with Crippen LogP contribution in [-0.2, 0) is 10.2 Å². The third kappa shape index (κ3) is 4.85. The van der Waals surface area contributed by atoms with Crippen molar-refractivity contribution in [3.8, 4) is 5.69 Å². The first kappa shape index (κ1) is 24.3. The molecule has 182 valence electrons. The Hall–Kier alpha value is -3.85. The Morgan fingerprint density at radius 3 is 2.37 bits per heavy atom. The molecule has 0 unspecified atom stereocenters. The number of halogens is 1. The summed E-state index contributed by atoms with van der Waals surface area (Å²) in [5.74, 6) is -1.25. The van der Waals surface area contributed by atoms with Crippen molar-refractivity contribution in [2.45, 2.75) is 32.6 Å². The number of hydrogen-bond donors (Lipinski definition) is 1. The Morgan fingerprint density at radius 2 is 1.71 bits per heavy atom. The number of anilines is 1. The van der Waals surface area contributed by atoms with Crippen LogP contribution in [-0.4, -0.2) is 52.7 Å². The number of aromatic nitrogens is 2. The summed E-state index contributed by atoms with van der Waals surface area (Å²) in [5.41, 5.74) is 1.72. The zero-order chi connectivity index (χ0) is 25.3. The zero-order valence-corrected chi connectivity index (χ0v) is 20.1. The van der Waals surface area contributed by atoms with Gasteiger partial charge in [-0.1, -0.05) is 20.8 Å². The number of carbonyl (C=O) groups is 3. The van der Waals surface area contributed by atoms with Gasteiger partial charge in [0.25, 0.3) is 17.7 Å². The van der Waals surface area contributed by atoms with Crippen molar-refractivity contribution in [2.75, 3.05) is 25.6 Å². The van der Waals surface area contributed by atoms with Crippen molar-refractivity contribution in [3.05, 3.63) is 76.7 Å². The van der Waals surface area contributed by atoms with E-state index in [9.17, 15) is 18.8 Å². The molecule has 2 aromatic carbocycles. The second-order valence-electron chi connectivity index (χ2n) is 9.38. The van der Waals surface area contributed by atoms with Gasteiger partial charge in [-0.25, -0.2) is 9.07 Å². The molecule has 0 aliphatic carbocycles. The molecular weight excluding hydrogens is 451 g/mol. The number of benzene rings is 2. The van der Waals surface area contributed by atoms with Gasteiger partial charge in [0.1, 0.15) is 11.6 Å². The van der Waals surface area contributed by atoms with Crippen LogP contribution in [0, 0.1) is 5.82 Å². The molecule has 3 amide bonds. The summed E-state index contributed by atoms with van der Waals surface area (Å²) in [6.07, 6.45) is 0.527. The fourth-order valence-electron chi connectivity index (χ4n) is 3.81. The molecule has 0 spiro atoms. The van der Waals surface area contributed by atoms with Crippen LogP contribution in [0.15, 0.2) is 48.5 Å². The van der Waals surface area contributed by atoms with Gasteiger partial charge >= 0.3 is 0 Å². The number of nitrogens with one attached hydrogen (secondary N) is 1. The summed E-state index contributed by atoms with van der Waals surface area (Å²) in [6.45, 7) is 6.67. The molecule has 1 aliphatic rings. The Balaban J connectivity index is 1.62. The SMILES string of the molecule is COCCCN1C(=O)c2ccc(C(=O)Nc3cc(C(C)(C)C)nn3-c3ccc(F)cc3)cc2C1=O. The molecule has 4 rings (SSSR count). The van der Waals surface area contributed by atoms with Gasteiger partial charge in [0.05, 0.1) is 22.5 Å². The van der Waals surface area contributed by atoms with E-state index in [-0.39, 0.29) is 40.4 Å². The molecule has 35 heavy (non-hydrogen) atoms. The highest BCUT2D eigenvalue weighted by Crippen LogP contribution is 2.28. The first-order valence-corrected chi connectivity index (χ1v) is 11.3. The smallest absolute Gasteiger partial charge is 0.261 e. The molecule has 0 radical (unpaired) electrons. The van der Waals surface area contributed by atoms with Crippen molar-refractivity contribution in [2.24, 2.45) is 0 Å². The minimum absolute atomic E-state index is 0.197. The van der Waals surface area contributed by atoms with E-state index in [4.69, 9.17) is 4.74 Å². The van der Waals surface area contributed by atoms with Crippen LogP contribution in [0.4, 0.5) is 10.2 Å². The molecule has 0 saturated carbocycles. The summed E-state index contributed by atoms with van der Waals surface area (Å²) < 4.78 is 20.0. The second-order valence-corrected chi connectivity index (χ2v) is 9.38. The maximum atomic E-state index is 13.5. The molecule has 2 heterocycles. The van der Waals surface area contributed by atoms with Gasteiger partial charge < -0.3 is 10.1 Å². The van der Waals surface area contributed by atoms with Crippen LogP contribution in [0.1, 0.15) is 64.0 Å². The van der Waals surface area contributed by atoms with Crippen LogP contribution in [0.5, 0.6) is 0 Å². The predicted molar refractivity (Wildman–Crippen MR) is 128 cm³/mol. The van der Waals surface area contributed by atoms with Crippen LogP contribution in [0.3, 0.4) is 0 Å². The molecule has 8 nitrogen and oxygen atoms in total. The van der Waals surface area contributed by atoms with E-state index < -0.39 is 11.8 Å². The van der Waals surface area contributed by atoms with E-state index in [0.29, 0.717) is 24.5 Å². The van der Waals surface area contributed by atoms with Gasteiger partial charge in [0, 0.05) is 37.3 Å². The summed E-state index contributed by atoms with van der Waals surface area (Å²) in [7, 11) is 1.56. The van der Waals surface area contributed by atoms with Gasteiger partial charge in [-0.05, 0) is 48.9 Å². The lowest BCUT2D eigenvalue weighted by Gasteiger charge is -2.14. The maximum absolute atomic E-state index is 13.5. The number of imide groups is 1. The first-order chi connectivity index (χ1) is 16.6. The van der Waals surface area contributed by atoms with E-state index in [1.165, 1.54) is 39.9 Å². The van der Waals surface area contributed by atoms with Gasteiger partial charge in [0.2, 0.25) is 0 Å². The fourth-order valence-corrected chi connectivity index (χ4v) is 3.81. The number of hydrogen-bond acceptors (Lipinski definition) is 5. The lowest BCUT2D eigenvalue weighted by molar-refractivity contribution is 0.0638. The van der Waals surface area contributed by atoms with Gasteiger partial charge in [-0.3, -0.25) is 19.3 Å². The van der Waals surface area contributed by atoms with Gasteiger partial charge in [0.15, 0.2) is 0 Å². The average molecular weight is 479 g/mol. The monoisotopic (exact) mass is 478 g/mol. The van der Waals surface area contributed by atoms with Crippen molar-refractivity contribution < 1.29 is 23.5 Å². The Morgan fingerprint density at radius 1 is 1.03 bits per heavy atom. The fraction of sp³-hybridized carbons (Fsp3) is 0.308. The highest BCUT2D eigenvalue weighted by molar-refractivity contribution is 6.22. The van der Waals surface area contributed by atoms with Crippen molar-refractivity contribution in [1.82, 2.24) is 14.7 Å². The second kappa shape index (κ2) is 9.42. The Kier molecular flexibility index (Phi) is 6.53. The highest BCUT2D eigenvalue weighted by Gasteiger charge is 2.35. The van der Waals surface area contributed by atoms with E-state index >= 15 is 0 Å². The number of amides is 3. The molecule has 9 heteroatoms. The quantitative estimate of drug-likeness (QED) is 0.406. The van der Waals surface area contributed by atoms with Crippen LogP contribution in [0.2, 0.25) is 0 Å². The van der Waals surface area contributed by atoms with Gasteiger partial charge in [-0.15, -0.1) is 0 Å². The third-order valence-corrected chi connectivity index (χ3v) is 5.75. The number of carbonyl (C=O) groups excluding carboxylic acids is 3. The average Bonchev–Trinajstić information content (AvgIpc) is 3.34. The lowest BCUT2D eigenvalue weighted by atomic mass is 9.92. The van der Waals surface area contributed by atoms with E-state index in [1.54, 1.807) is 25.3 Å². The minimum atomic E-state index is -0.463. The molecule has 1 N–H and O–H groups in total. The molecule has 0 saturated heterocycles. The van der Waals surface area contributed by atoms with Crippen LogP contribution in [0.25, 0.3) is 5.69 Å². The van der Waals surface area contributed by atoms with Crippen LogP contribution < -0.4 is 5.32 Å². The standard InChI is InChI=1S/C26H27FN4O4/c1-26(2,3)21-15-22(31(29-21)18-9-7-17(27)8-10-18)28-23(32)16-6-11-19-20(14-16)25(34)30(24(19)33)12-5-13-35-4/h6-11,14-15H,5,12-13H2,1-4H3,(H,28,32). The van der Waals surface area contributed by atoms with Crippen molar-refractivity contribution in [3.63, 3.8) is 0 Å². The van der Waals surface area contributed by atoms with E-state index in [2.05, 4.69) is 10.4 Å². The summed E-state index contributed by atoms with van der Waals surface area (Å²) in [4.78, 5) is 39.7. The summed E-state index contributed by atoms with van der Waals surface area (Å²) in [5, 5.41) is 7.46. The Bertz CT molecular complexity index is 1290. The summed E-state index contributed by atoms with van der Waals surface area (Å²) >= 11 is 0. The molecule has 3 aromatic rings. The largest absolute Gasteiger partial charge is 0.385 e.